The molecule has 0 bridgehead atoms. The van der Waals surface area contributed by atoms with Crippen LogP contribution < -0.4 is 16.0 Å². The minimum absolute atomic E-state index is 0.409. The Balaban J connectivity index is 1.67. The average molecular weight is 301 g/mol. The van der Waals surface area contributed by atoms with E-state index in [2.05, 4.69) is 16.0 Å². The first-order valence-corrected chi connectivity index (χ1v) is 7.18. The predicted molar refractivity (Wildman–Crippen MR) is 88.3 cm³/mol. The summed E-state index contributed by atoms with van der Waals surface area (Å²) in [5.74, 6) is 0. The van der Waals surface area contributed by atoms with Crippen molar-refractivity contribution >= 4 is 17.3 Å². The van der Waals surface area contributed by atoms with Gasteiger partial charge in [-0.2, -0.15) is 0 Å². The smallest absolute Gasteiger partial charge is 0.183 e. The van der Waals surface area contributed by atoms with Crippen molar-refractivity contribution in [1.29, 1.82) is 0 Å². The van der Waals surface area contributed by atoms with Gasteiger partial charge in [0.1, 0.15) is 0 Å². The number of hydrogen-bond acceptors (Lipinski definition) is 3. The zero-order chi connectivity index (χ0) is 14.9. The maximum atomic E-state index is 9.83. The first-order valence-electron chi connectivity index (χ1n) is 6.78. The second-order valence-electron chi connectivity index (χ2n) is 4.58. The molecule has 2 aromatic carbocycles. The van der Waals surface area contributed by atoms with E-state index in [1.807, 2.05) is 60.7 Å². The fourth-order valence-electron chi connectivity index (χ4n) is 1.81. The van der Waals surface area contributed by atoms with Crippen LogP contribution in [0.1, 0.15) is 11.1 Å². The molecule has 2 aromatic rings. The molecule has 0 heterocycles. The molecule has 21 heavy (non-hydrogen) atoms. The second-order valence-corrected chi connectivity index (χ2v) is 4.99. The SMILES string of the molecule is OC(NCc1ccccc1)NC(=S)NCc1ccccc1. The third-order valence-corrected chi connectivity index (χ3v) is 3.17. The molecular weight excluding hydrogens is 282 g/mol. The number of aliphatic hydroxyl groups is 1. The van der Waals surface area contributed by atoms with Crippen molar-refractivity contribution in [3.8, 4) is 0 Å². The van der Waals surface area contributed by atoms with Crippen LogP contribution >= 0.6 is 12.2 Å². The predicted octanol–water partition coefficient (Wildman–Crippen LogP) is 1.72. The zero-order valence-electron chi connectivity index (χ0n) is 11.6. The molecule has 0 aliphatic rings. The molecule has 0 saturated heterocycles. The van der Waals surface area contributed by atoms with Gasteiger partial charge in [0.15, 0.2) is 11.5 Å². The highest BCUT2D eigenvalue weighted by atomic mass is 32.1. The molecule has 110 valence electrons. The molecule has 4 nitrogen and oxygen atoms in total. The summed E-state index contributed by atoms with van der Waals surface area (Å²) >= 11 is 5.14. The van der Waals surface area contributed by atoms with Gasteiger partial charge in [0, 0.05) is 13.1 Å². The molecule has 0 radical (unpaired) electrons. The first kappa shape index (κ1) is 15.4. The molecule has 5 heteroatoms. The number of benzene rings is 2. The molecule has 4 N–H and O–H groups in total. The number of thiocarbonyl (C=S) groups is 1. The molecular formula is C16H19N3OS. The van der Waals surface area contributed by atoms with E-state index in [0.29, 0.717) is 18.2 Å². The maximum absolute atomic E-state index is 9.83. The van der Waals surface area contributed by atoms with Crippen molar-refractivity contribution in [2.45, 2.75) is 19.4 Å². The fourth-order valence-corrected chi connectivity index (χ4v) is 2.00. The molecule has 0 aliphatic carbocycles. The van der Waals surface area contributed by atoms with Crippen LogP contribution in [0.5, 0.6) is 0 Å². The van der Waals surface area contributed by atoms with E-state index in [1.54, 1.807) is 0 Å². The van der Waals surface area contributed by atoms with Crippen molar-refractivity contribution in [2.24, 2.45) is 0 Å². The molecule has 2 rings (SSSR count). The van der Waals surface area contributed by atoms with E-state index in [1.165, 1.54) is 0 Å². The third-order valence-electron chi connectivity index (χ3n) is 2.91. The highest BCUT2D eigenvalue weighted by Gasteiger charge is 2.04. The molecule has 0 spiro atoms. The van der Waals surface area contributed by atoms with Gasteiger partial charge in [0.25, 0.3) is 0 Å². The van der Waals surface area contributed by atoms with Crippen LogP contribution in [-0.4, -0.2) is 16.6 Å². The Morgan fingerprint density at radius 1 is 0.905 bits per heavy atom. The van der Waals surface area contributed by atoms with Crippen molar-refractivity contribution in [3.63, 3.8) is 0 Å². The molecule has 0 saturated carbocycles. The average Bonchev–Trinajstić information content (AvgIpc) is 2.53. The largest absolute Gasteiger partial charge is 0.361 e. The lowest BCUT2D eigenvalue weighted by Crippen LogP contribution is -2.48. The van der Waals surface area contributed by atoms with Gasteiger partial charge in [-0.05, 0) is 23.3 Å². The summed E-state index contributed by atoms with van der Waals surface area (Å²) in [6, 6.07) is 19.8. The Labute approximate surface area is 130 Å². The zero-order valence-corrected chi connectivity index (χ0v) is 12.4. The Morgan fingerprint density at radius 3 is 2.00 bits per heavy atom. The van der Waals surface area contributed by atoms with Gasteiger partial charge < -0.3 is 15.7 Å². The monoisotopic (exact) mass is 301 g/mol. The minimum atomic E-state index is -0.888. The van der Waals surface area contributed by atoms with Crippen molar-refractivity contribution in [3.05, 3.63) is 71.8 Å². The Bertz CT molecular complexity index is 548. The van der Waals surface area contributed by atoms with Crippen molar-refractivity contribution in [2.75, 3.05) is 0 Å². The van der Waals surface area contributed by atoms with Crippen LogP contribution in [0.2, 0.25) is 0 Å². The van der Waals surface area contributed by atoms with Gasteiger partial charge in [-0.1, -0.05) is 60.7 Å². The summed E-state index contributed by atoms with van der Waals surface area (Å²) in [5.41, 5.74) is 2.23. The van der Waals surface area contributed by atoms with Crippen LogP contribution in [0.3, 0.4) is 0 Å². The van der Waals surface area contributed by atoms with E-state index >= 15 is 0 Å². The number of aliphatic hydroxyl groups excluding tert-OH is 1. The quantitative estimate of drug-likeness (QED) is 0.483. The normalized spacial score (nSPS) is 11.7. The van der Waals surface area contributed by atoms with Gasteiger partial charge in [-0.15, -0.1) is 0 Å². The summed E-state index contributed by atoms with van der Waals surface area (Å²) in [6.45, 7) is 1.19. The lowest BCUT2D eigenvalue weighted by molar-refractivity contribution is 0.120. The van der Waals surface area contributed by atoms with E-state index < -0.39 is 6.35 Å². The van der Waals surface area contributed by atoms with Gasteiger partial charge in [0.2, 0.25) is 0 Å². The highest BCUT2D eigenvalue weighted by molar-refractivity contribution is 7.80. The lowest BCUT2D eigenvalue weighted by Gasteiger charge is -2.17. The van der Waals surface area contributed by atoms with Crippen molar-refractivity contribution in [1.82, 2.24) is 16.0 Å². The summed E-state index contributed by atoms with van der Waals surface area (Å²) in [4.78, 5) is 0. The standard InChI is InChI=1S/C16H19N3OS/c20-15(17-11-13-7-3-1-4-8-13)19-16(21)18-12-14-9-5-2-6-10-14/h1-10,15,17,20H,11-12H2,(H2,18,19,21). The Hall–Kier alpha value is -1.95. The van der Waals surface area contributed by atoms with E-state index in [-0.39, 0.29) is 0 Å². The van der Waals surface area contributed by atoms with Crippen LogP contribution in [0.4, 0.5) is 0 Å². The van der Waals surface area contributed by atoms with Crippen LogP contribution in [-0.2, 0) is 13.1 Å². The van der Waals surface area contributed by atoms with Crippen LogP contribution in [0.25, 0.3) is 0 Å². The van der Waals surface area contributed by atoms with E-state index in [4.69, 9.17) is 12.2 Å². The van der Waals surface area contributed by atoms with E-state index in [0.717, 1.165) is 11.1 Å². The van der Waals surface area contributed by atoms with Gasteiger partial charge in [-0.25, -0.2) is 0 Å². The van der Waals surface area contributed by atoms with Crippen LogP contribution in [0, 0.1) is 0 Å². The molecule has 0 fully saturated rings. The second kappa shape index (κ2) is 8.36. The van der Waals surface area contributed by atoms with E-state index in [9.17, 15) is 5.11 Å². The van der Waals surface area contributed by atoms with Crippen LogP contribution in [0.15, 0.2) is 60.7 Å². The summed E-state index contributed by atoms with van der Waals surface area (Å²) in [6.07, 6.45) is -0.888. The van der Waals surface area contributed by atoms with Gasteiger partial charge in [0.05, 0.1) is 0 Å². The molecule has 0 aromatic heterocycles. The minimum Gasteiger partial charge on any atom is -0.361 e. The maximum Gasteiger partial charge on any atom is 0.183 e. The summed E-state index contributed by atoms with van der Waals surface area (Å²) in [7, 11) is 0. The molecule has 1 atom stereocenters. The molecule has 0 amide bonds. The number of hydrogen-bond donors (Lipinski definition) is 4. The van der Waals surface area contributed by atoms with Gasteiger partial charge in [-0.3, -0.25) is 5.32 Å². The highest BCUT2D eigenvalue weighted by Crippen LogP contribution is 1.98. The lowest BCUT2D eigenvalue weighted by atomic mass is 10.2. The summed E-state index contributed by atoms with van der Waals surface area (Å²) < 4.78 is 0. The molecule has 1 unspecified atom stereocenters. The van der Waals surface area contributed by atoms with Gasteiger partial charge >= 0.3 is 0 Å². The topological polar surface area (TPSA) is 56.3 Å². The third kappa shape index (κ3) is 5.91. The van der Waals surface area contributed by atoms with Crippen molar-refractivity contribution < 1.29 is 5.11 Å². The summed E-state index contributed by atoms with van der Waals surface area (Å²) in [5, 5.41) is 19.0. The molecule has 0 aliphatic heterocycles. The Kier molecular flexibility index (Phi) is 6.15. The fraction of sp³-hybridized carbons (Fsp3) is 0.188. The number of rotatable bonds is 6. The number of nitrogens with one attached hydrogen (secondary N) is 3. The Morgan fingerprint density at radius 2 is 1.43 bits per heavy atom. The first-order chi connectivity index (χ1) is 10.2.